The number of aliphatic hydroxyl groups is 1. The van der Waals surface area contributed by atoms with Crippen LogP contribution in [-0.4, -0.2) is 34.1 Å². The molecular weight excluding hydrogens is 236 g/mol. The predicted molar refractivity (Wildman–Crippen MR) is 65.1 cm³/mol. The van der Waals surface area contributed by atoms with Gasteiger partial charge in [-0.2, -0.15) is 0 Å². The Kier molecular flexibility index (Phi) is 4.33. The predicted octanol–water partition coefficient (Wildman–Crippen LogP) is 1.92. The molecule has 1 N–H and O–H groups in total. The van der Waals surface area contributed by atoms with Crippen molar-refractivity contribution in [2.24, 2.45) is 0 Å². The fraction of sp³-hybridized carbons (Fsp3) is 0.667. The normalized spacial score (nSPS) is 20.4. The molecule has 6 nitrogen and oxygen atoms in total. The van der Waals surface area contributed by atoms with Crippen LogP contribution in [-0.2, 0) is 6.54 Å². The van der Waals surface area contributed by atoms with Crippen LogP contribution in [0.2, 0.25) is 0 Å². The van der Waals surface area contributed by atoms with Crippen LogP contribution >= 0.6 is 0 Å². The Hall–Kier alpha value is -1.40. The highest BCUT2D eigenvalue weighted by atomic mass is 16.6. The zero-order chi connectivity index (χ0) is 13.0. The Morgan fingerprint density at radius 3 is 3.06 bits per heavy atom. The average molecular weight is 254 g/mol. The van der Waals surface area contributed by atoms with E-state index in [0.717, 1.165) is 32.2 Å². The quantitative estimate of drug-likeness (QED) is 0.619. The van der Waals surface area contributed by atoms with E-state index in [1.54, 1.807) is 6.07 Å². The van der Waals surface area contributed by atoms with Gasteiger partial charge in [0.05, 0.1) is 12.6 Å². The van der Waals surface area contributed by atoms with Crippen molar-refractivity contribution < 1.29 is 14.4 Å². The van der Waals surface area contributed by atoms with Crippen LogP contribution in [0.3, 0.4) is 0 Å². The Balaban J connectivity index is 1.92. The Labute approximate surface area is 105 Å². The van der Waals surface area contributed by atoms with Crippen LogP contribution in [0.25, 0.3) is 0 Å². The summed E-state index contributed by atoms with van der Waals surface area (Å²) >= 11 is 0. The molecule has 1 saturated heterocycles. The molecule has 1 fully saturated rings. The summed E-state index contributed by atoms with van der Waals surface area (Å²) in [6.45, 7) is 1.82. The summed E-state index contributed by atoms with van der Waals surface area (Å²) in [6, 6.07) is 3.52. The number of hydrogen-bond acceptors (Lipinski definition) is 5. The second-order valence-corrected chi connectivity index (χ2v) is 4.63. The molecule has 0 aliphatic carbocycles. The van der Waals surface area contributed by atoms with Crippen molar-refractivity contribution in [3.05, 3.63) is 28.0 Å². The summed E-state index contributed by atoms with van der Waals surface area (Å²) in [5, 5.41) is 19.4. The highest BCUT2D eigenvalue weighted by Gasteiger charge is 2.25. The molecule has 0 radical (unpaired) electrons. The molecule has 0 saturated carbocycles. The van der Waals surface area contributed by atoms with Crippen molar-refractivity contribution in [3.63, 3.8) is 0 Å². The SMILES string of the molecule is O=[N+]([O-])c1ccc(CN2CCCC2CCCO)o1. The number of rotatable bonds is 6. The lowest BCUT2D eigenvalue weighted by atomic mass is 10.1. The molecule has 0 amide bonds. The first kappa shape index (κ1) is 13.0. The smallest absolute Gasteiger partial charge is 0.404 e. The molecule has 1 aromatic rings. The monoisotopic (exact) mass is 254 g/mol. The van der Waals surface area contributed by atoms with E-state index in [-0.39, 0.29) is 12.5 Å². The lowest BCUT2D eigenvalue weighted by Gasteiger charge is -2.22. The first-order chi connectivity index (χ1) is 8.70. The highest BCUT2D eigenvalue weighted by molar-refractivity contribution is 5.17. The summed E-state index contributed by atoms with van der Waals surface area (Å²) in [5.74, 6) is 0.439. The molecule has 2 heterocycles. The molecule has 0 spiro atoms. The molecule has 1 aliphatic heterocycles. The number of likely N-dealkylation sites (tertiary alicyclic amines) is 1. The summed E-state index contributed by atoms with van der Waals surface area (Å²) in [6.07, 6.45) is 4.04. The number of furan rings is 1. The molecule has 0 aromatic carbocycles. The maximum absolute atomic E-state index is 10.5. The van der Waals surface area contributed by atoms with E-state index in [4.69, 9.17) is 9.52 Å². The van der Waals surface area contributed by atoms with Crippen molar-refractivity contribution in [2.45, 2.75) is 38.3 Å². The standard InChI is InChI=1S/C12H18N2O4/c15-8-2-4-10-3-1-7-13(10)9-11-5-6-12(18-11)14(16)17/h5-6,10,15H,1-4,7-9H2. The molecule has 2 rings (SSSR count). The molecule has 1 aromatic heterocycles. The van der Waals surface area contributed by atoms with Crippen LogP contribution in [0.1, 0.15) is 31.4 Å². The molecule has 6 heteroatoms. The van der Waals surface area contributed by atoms with Gasteiger partial charge in [0.1, 0.15) is 10.7 Å². The third-order valence-electron chi connectivity index (χ3n) is 3.38. The minimum Gasteiger partial charge on any atom is -0.404 e. The molecule has 18 heavy (non-hydrogen) atoms. The van der Waals surface area contributed by atoms with Crippen LogP contribution in [0.15, 0.2) is 16.5 Å². The van der Waals surface area contributed by atoms with Gasteiger partial charge in [0, 0.05) is 12.6 Å². The maximum atomic E-state index is 10.5. The minimum absolute atomic E-state index is 0.198. The van der Waals surface area contributed by atoms with Crippen molar-refractivity contribution in [3.8, 4) is 0 Å². The van der Waals surface area contributed by atoms with Gasteiger partial charge in [-0.05, 0) is 38.3 Å². The zero-order valence-corrected chi connectivity index (χ0v) is 10.2. The van der Waals surface area contributed by atoms with Crippen molar-refractivity contribution in [1.29, 1.82) is 0 Å². The van der Waals surface area contributed by atoms with Gasteiger partial charge in [-0.3, -0.25) is 15.0 Å². The van der Waals surface area contributed by atoms with Crippen LogP contribution < -0.4 is 0 Å². The largest absolute Gasteiger partial charge is 0.433 e. The fourth-order valence-electron chi connectivity index (χ4n) is 2.51. The van der Waals surface area contributed by atoms with Gasteiger partial charge in [0.2, 0.25) is 0 Å². The number of hydrogen-bond donors (Lipinski definition) is 1. The van der Waals surface area contributed by atoms with E-state index >= 15 is 0 Å². The third kappa shape index (κ3) is 3.08. The Bertz CT molecular complexity index is 405. The van der Waals surface area contributed by atoms with Crippen LogP contribution in [0.4, 0.5) is 5.88 Å². The average Bonchev–Trinajstić information content (AvgIpc) is 2.96. The van der Waals surface area contributed by atoms with Gasteiger partial charge in [-0.1, -0.05) is 0 Å². The van der Waals surface area contributed by atoms with Gasteiger partial charge in [-0.15, -0.1) is 0 Å². The zero-order valence-electron chi connectivity index (χ0n) is 10.2. The summed E-state index contributed by atoms with van der Waals surface area (Å²) in [4.78, 5) is 12.3. The molecule has 0 bridgehead atoms. The summed E-state index contributed by atoms with van der Waals surface area (Å²) in [7, 11) is 0. The second kappa shape index (κ2) is 5.97. The number of nitrogens with zero attached hydrogens (tertiary/aromatic N) is 2. The molecular formula is C12H18N2O4. The number of nitro groups is 1. The fourth-order valence-corrected chi connectivity index (χ4v) is 2.51. The van der Waals surface area contributed by atoms with Gasteiger partial charge in [-0.25, -0.2) is 0 Å². The first-order valence-electron chi connectivity index (χ1n) is 6.28. The molecule has 1 aliphatic rings. The van der Waals surface area contributed by atoms with Crippen molar-refractivity contribution in [2.75, 3.05) is 13.2 Å². The lowest BCUT2D eigenvalue weighted by molar-refractivity contribution is -0.402. The molecule has 1 atom stereocenters. The summed E-state index contributed by atoms with van der Waals surface area (Å²) < 4.78 is 5.17. The van der Waals surface area contributed by atoms with E-state index < -0.39 is 4.92 Å². The van der Waals surface area contributed by atoms with E-state index in [1.165, 1.54) is 6.07 Å². The highest BCUT2D eigenvalue weighted by Crippen LogP contribution is 2.25. The molecule has 1 unspecified atom stereocenters. The van der Waals surface area contributed by atoms with E-state index in [2.05, 4.69) is 4.90 Å². The third-order valence-corrected chi connectivity index (χ3v) is 3.38. The van der Waals surface area contributed by atoms with E-state index in [1.807, 2.05) is 0 Å². The van der Waals surface area contributed by atoms with Crippen LogP contribution in [0, 0.1) is 10.1 Å². The van der Waals surface area contributed by atoms with Gasteiger partial charge in [0.25, 0.3) is 0 Å². The van der Waals surface area contributed by atoms with Crippen molar-refractivity contribution in [1.82, 2.24) is 4.90 Å². The van der Waals surface area contributed by atoms with Crippen molar-refractivity contribution >= 4 is 5.88 Å². The second-order valence-electron chi connectivity index (χ2n) is 4.63. The topological polar surface area (TPSA) is 79.8 Å². The lowest BCUT2D eigenvalue weighted by Crippen LogP contribution is -2.28. The Morgan fingerprint density at radius 2 is 2.39 bits per heavy atom. The van der Waals surface area contributed by atoms with E-state index in [0.29, 0.717) is 18.3 Å². The van der Waals surface area contributed by atoms with E-state index in [9.17, 15) is 10.1 Å². The maximum Gasteiger partial charge on any atom is 0.433 e. The number of aliphatic hydroxyl groups excluding tert-OH is 1. The van der Waals surface area contributed by atoms with Gasteiger partial charge < -0.3 is 9.52 Å². The Morgan fingerprint density at radius 1 is 1.56 bits per heavy atom. The van der Waals surface area contributed by atoms with Gasteiger partial charge in [0.15, 0.2) is 0 Å². The van der Waals surface area contributed by atoms with Gasteiger partial charge >= 0.3 is 5.88 Å². The summed E-state index contributed by atoms with van der Waals surface area (Å²) in [5.41, 5.74) is 0. The first-order valence-corrected chi connectivity index (χ1v) is 6.28. The van der Waals surface area contributed by atoms with Crippen LogP contribution in [0.5, 0.6) is 0 Å². The minimum atomic E-state index is -0.517. The molecule has 100 valence electrons.